The van der Waals surface area contributed by atoms with Gasteiger partial charge in [0.05, 0.1) is 11.2 Å². The molecule has 0 aromatic carbocycles. The lowest BCUT2D eigenvalue weighted by Crippen LogP contribution is -2.31. The second-order valence-corrected chi connectivity index (χ2v) is 6.32. The number of hydrogen-bond donors (Lipinski definition) is 0. The second kappa shape index (κ2) is 5.31. The van der Waals surface area contributed by atoms with Gasteiger partial charge in [-0.1, -0.05) is 0 Å². The summed E-state index contributed by atoms with van der Waals surface area (Å²) in [5.41, 5.74) is 0.0832. The lowest BCUT2D eigenvalue weighted by Gasteiger charge is -2.24. The minimum Gasteiger partial charge on any atom is -0.305 e. The van der Waals surface area contributed by atoms with Gasteiger partial charge in [0.15, 0.2) is 11.5 Å². The Balaban J connectivity index is 2.28. The summed E-state index contributed by atoms with van der Waals surface area (Å²) >= 11 is 6.73. The van der Waals surface area contributed by atoms with Gasteiger partial charge >= 0.3 is 6.18 Å². The van der Waals surface area contributed by atoms with Gasteiger partial charge in [0.25, 0.3) is 5.91 Å². The van der Waals surface area contributed by atoms with Crippen LogP contribution in [0.15, 0.2) is 6.20 Å². The minimum atomic E-state index is -4.50. The maximum atomic E-state index is 13.0. The van der Waals surface area contributed by atoms with Crippen LogP contribution in [-0.2, 0) is 0 Å². The lowest BCUT2D eigenvalue weighted by atomic mass is 10.4. The topological polar surface area (TPSA) is 62.2 Å². The average Bonchev–Trinajstić information content (AvgIpc) is 2.81. The Morgan fingerprint density at radius 3 is 2.70 bits per heavy atom. The van der Waals surface area contributed by atoms with E-state index in [4.69, 9.17) is 11.6 Å². The van der Waals surface area contributed by atoms with Crippen molar-refractivity contribution in [3.05, 3.63) is 22.2 Å². The first kappa shape index (κ1) is 15.9. The molecule has 0 radical (unpaired) electrons. The zero-order chi connectivity index (χ0) is 16.9. The number of amides is 1. The van der Waals surface area contributed by atoms with Crippen LogP contribution in [0.25, 0.3) is 0 Å². The van der Waals surface area contributed by atoms with E-state index in [1.807, 2.05) is 0 Å². The Morgan fingerprint density at radius 2 is 2.04 bits per heavy atom. The zero-order valence-corrected chi connectivity index (χ0v) is 13.4. The Kier molecular flexibility index (Phi) is 3.68. The van der Waals surface area contributed by atoms with Gasteiger partial charge in [-0.05, 0) is 18.5 Å². The van der Waals surface area contributed by atoms with E-state index >= 15 is 0 Å². The summed E-state index contributed by atoms with van der Waals surface area (Å²) in [6.45, 7) is 0.301. The fraction of sp³-hybridized carbons (Fsp3) is 0.333. The summed E-state index contributed by atoms with van der Waals surface area (Å²) in [5, 5.41) is 0.360. The van der Waals surface area contributed by atoms with E-state index in [2.05, 4.69) is 15.0 Å². The molecule has 0 fully saturated rings. The Hall–Kier alpha value is -1.94. The highest BCUT2D eigenvalue weighted by Gasteiger charge is 2.39. The summed E-state index contributed by atoms with van der Waals surface area (Å²) in [6, 6.07) is 0. The second-order valence-electron chi connectivity index (χ2n) is 4.80. The van der Waals surface area contributed by atoms with Gasteiger partial charge in [-0.15, -0.1) is 11.3 Å². The predicted octanol–water partition coefficient (Wildman–Crippen LogP) is 3.19. The van der Waals surface area contributed by atoms with Gasteiger partial charge in [0.1, 0.15) is 17.2 Å². The highest BCUT2D eigenvalue weighted by molar-refractivity contribution is 7.16. The van der Waals surface area contributed by atoms with Crippen LogP contribution in [0.4, 0.5) is 29.7 Å². The van der Waals surface area contributed by atoms with E-state index in [-0.39, 0.29) is 27.5 Å². The first-order chi connectivity index (χ1) is 10.7. The maximum absolute atomic E-state index is 13.0. The fourth-order valence-electron chi connectivity index (χ4n) is 2.21. The van der Waals surface area contributed by atoms with E-state index in [9.17, 15) is 18.0 Å². The molecule has 2 aromatic heterocycles. The SMILES string of the molecule is Cc1nc2c(s1)N(CC(F)(F)F)c1nc(Cl)ncc1N(C)C2=O. The molecule has 0 aliphatic carbocycles. The largest absolute Gasteiger partial charge is 0.406 e. The molecule has 3 rings (SSSR count). The Labute approximate surface area is 137 Å². The average molecular weight is 364 g/mol. The third-order valence-corrected chi connectivity index (χ3v) is 4.32. The number of rotatable bonds is 1. The molecule has 0 spiro atoms. The highest BCUT2D eigenvalue weighted by Crippen LogP contribution is 2.43. The van der Waals surface area contributed by atoms with Gasteiger partial charge in [-0.2, -0.15) is 18.2 Å². The van der Waals surface area contributed by atoms with Gasteiger partial charge in [0, 0.05) is 7.05 Å². The fourth-order valence-corrected chi connectivity index (χ4v) is 3.25. The first-order valence-corrected chi connectivity index (χ1v) is 7.49. The van der Waals surface area contributed by atoms with E-state index in [1.165, 1.54) is 18.1 Å². The number of aromatic nitrogens is 3. The maximum Gasteiger partial charge on any atom is 0.406 e. The van der Waals surface area contributed by atoms with Crippen LogP contribution in [0.2, 0.25) is 5.28 Å². The van der Waals surface area contributed by atoms with Gasteiger partial charge < -0.3 is 9.80 Å². The van der Waals surface area contributed by atoms with Crippen molar-refractivity contribution >= 4 is 45.4 Å². The standard InChI is InChI=1S/C12H9ClF3N5OS/c1-5-18-7-9(22)20(2)6-3-17-11(13)19-8(6)21(10(7)23-5)4-12(14,15)16/h3H,4H2,1-2H3. The first-order valence-electron chi connectivity index (χ1n) is 6.29. The number of thiazole rings is 1. The van der Waals surface area contributed by atoms with E-state index in [0.29, 0.717) is 5.01 Å². The molecule has 1 amide bonds. The van der Waals surface area contributed by atoms with Crippen LogP contribution in [0, 0.1) is 6.92 Å². The van der Waals surface area contributed by atoms with E-state index < -0.39 is 18.6 Å². The quantitative estimate of drug-likeness (QED) is 0.728. The number of hydrogen-bond acceptors (Lipinski definition) is 6. The van der Waals surface area contributed by atoms with Crippen LogP contribution in [0.3, 0.4) is 0 Å². The lowest BCUT2D eigenvalue weighted by molar-refractivity contribution is -0.118. The molecule has 0 bridgehead atoms. The molecule has 0 saturated heterocycles. The molecule has 0 atom stereocenters. The molecule has 23 heavy (non-hydrogen) atoms. The van der Waals surface area contributed by atoms with Crippen molar-refractivity contribution in [2.45, 2.75) is 13.1 Å². The third kappa shape index (κ3) is 2.83. The predicted molar refractivity (Wildman–Crippen MR) is 79.7 cm³/mol. The molecular formula is C12H9ClF3N5OS. The van der Waals surface area contributed by atoms with Crippen molar-refractivity contribution in [2.24, 2.45) is 0 Å². The van der Waals surface area contributed by atoms with Crippen molar-refractivity contribution in [3.8, 4) is 0 Å². The minimum absolute atomic E-state index is 0.0478. The number of aryl methyl sites for hydroxylation is 1. The molecule has 0 N–H and O–H groups in total. The molecule has 2 aromatic rings. The smallest absolute Gasteiger partial charge is 0.305 e. The molecule has 11 heteroatoms. The van der Waals surface area contributed by atoms with Crippen LogP contribution in [0.1, 0.15) is 15.5 Å². The van der Waals surface area contributed by atoms with Crippen molar-refractivity contribution in [3.63, 3.8) is 0 Å². The number of carbonyl (C=O) groups excluding carboxylic acids is 1. The number of anilines is 3. The molecule has 0 unspecified atom stereocenters. The van der Waals surface area contributed by atoms with Gasteiger partial charge in [0.2, 0.25) is 5.28 Å². The molecule has 122 valence electrons. The van der Waals surface area contributed by atoms with Crippen LogP contribution in [-0.4, -0.2) is 40.6 Å². The van der Waals surface area contributed by atoms with Gasteiger partial charge in [-0.25, -0.2) is 9.97 Å². The number of alkyl halides is 3. The molecule has 1 aliphatic heterocycles. The number of nitrogens with zero attached hydrogens (tertiary/aromatic N) is 5. The Bertz CT molecular complexity index is 793. The van der Waals surface area contributed by atoms with Crippen molar-refractivity contribution in [1.29, 1.82) is 0 Å². The summed E-state index contributed by atoms with van der Waals surface area (Å²) in [7, 11) is 1.42. The number of carbonyl (C=O) groups is 1. The van der Waals surface area contributed by atoms with Crippen molar-refractivity contribution in [1.82, 2.24) is 15.0 Å². The summed E-state index contributed by atoms with van der Waals surface area (Å²) < 4.78 is 39.1. The molecule has 1 aliphatic rings. The van der Waals surface area contributed by atoms with Crippen LogP contribution < -0.4 is 9.80 Å². The summed E-state index contributed by atoms with van der Waals surface area (Å²) in [4.78, 5) is 26.3. The summed E-state index contributed by atoms with van der Waals surface area (Å²) in [6.07, 6.45) is -3.29. The van der Waals surface area contributed by atoms with Crippen LogP contribution >= 0.6 is 22.9 Å². The molecular weight excluding hydrogens is 355 g/mol. The van der Waals surface area contributed by atoms with E-state index in [1.54, 1.807) is 6.92 Å². The molecule has 6 nitrogen and oxygen atoms in total. The van der Waals surface area contributed by atoms with E-state index in [0.717, 1.165) is 16.2 Å². The zero-order valence-electron chi connectivity index (χ0n) is 11.8. The highest BCUT2D eigenvalue weighted by atomic mass is 35.5. The van der Waals surface area contributed by atoms with Crippen molar-refractivity contribution < 1.29 is 18.0 Å². The molecule has 0 saturated carbocycles. The monoisotopic (exact) mass is 363 g/mol. The number of fused-ring (bicyclic) bond motifs is 2. The summed E-state index contributed by atoms with van der Waals surface area (Å²) in [5.74, 6) is -0.609. The third-order valence-electron chi connectivity index (χ3n) is 3.14. The normalized spacial score (nSPS) is 14.6. The Morgan fingerprint density at radius 1 is 1.35 bits per heavy atom. The molecule has 3 heterocycles. The number of halogens is 4. The van der Waals surface area contributed by atoms with Gasteiger partial charge in [-0.3, -0.25) is 4.79 Å². The van der Waals surface area contributed by atoms with Crippen LogP contribution in [0.5, 0.6) is 0 Å². The van der Waals surface area contributed by atoms with Crippen molar-refractivity contribution in [2.75, 3.05) is 23.4 Å².